The number of fused-ring (bicyclic) bond motifs is 1. The Hall–Kier alpha value is -4.31. The van der Waals surface area contributed by atoms with E-state index in [1.54, 1.807) is 6.33 Å². The van der Waals surface area contributed by atoms with Crippen molar-refractivity contribution in [2.75, 3.05) is 23.3 Å². The summed E-state index contributed by atoms with van der Waals surface area (Å²) in [7, 11) is 0. The number of hydrogen-bond acceptors (Lipinski definition) is 8. The zero-order chi connectivity index (χ0) is 25.1. The first-order chi connectivity index (χ1) is 17.5. The number of nitro groups is 1. The normalized spacial score (nSPS) is 13.2. The molecule has 10 nitrogen and oxygen atoms in total. The summed E-state index contributed by atoms with van der Waals surface area (Å²) in [6, 6.07) is 14.4. The van der Waals surface area contributed by atoms with Crippen molar-refractivity contribution in [3.8, 4) is 11.1 Å². The Morgan fingerprint density at radius 2 is 2.00 bits per heavy atom. The quantitative estimate of drug-likeness (QED) is 0.266. The van der Waals surface area contributed by atoms with Gasteiger partial charge in [0, 0.05) is 44.7 Å². The van der Waals surface area contributed by atoms with Crippen LogP contribution >= 0.6 is 0 Å². The zero-order valence-corrected chi connectivity index (χ0v) is 20.1. The molecule has 0 saturated carbocycles. The van der Waals surface area contributed by atoms with Gasteiger partial charge in [0.15, 0.2) is 0 Å². The Balaban J connectivity index is 1.37. The van der Waals surface area contributed by atoms with Crippen LogP contribution in [0.5, 0.6) is 0 Å². The minimum Gasteiger partial charge on any atom is -0.350 e. The average Bonchev–Trinajstić information content (AvgIpc) is 3.25. The van der Waals surface area contributed by atoms with Crippen LogP contribution in [-0.2, 0) is 25.9 Å². The molecule has 0 atom stereocenters. The summed E-state index contributed by atoms with van der Waals surface area (Å²) in [5, 5.41) is 15.0. The van der Waals surface area contributed by atoms with Crippen molar-refractivity contribution in [3.63, 3.8) is 0 Å². The number of H-pyrrole nitrogens is 1. The first kappa shape index (κ1) is 23.4. The van der Waals surface area contributed by atoms with Crippen molar-refractivity contribution in [2.24, 2.45) is 5.73 Å². The molecule has 4 N–H and O–H groups in total. The van der Waals surface area contributed by atoms with Crippen LogP contribution in [0.15, 0.2) is 55.0 Å². The lowest BCUT2D eigenvalue weighted by atomic mass is 9.95. The van der Waals surface area contributed by atoms with E-state index in [0.29, 0.717) is 44.4 Å². The van der Waals surface area contributed by atoms with E-state index in [1.807, 2.05) is 23.1 Å². The fraction of sp³-hybridized carbons (Fsp3) is 0.269. The van der Waals surface area contributed by atoms with E-state index in [-0.39, 0.29) is 5.69 Å². The lowest BCUT2D eigenvalue weighted by molar-refractivity contribution is -0.384. The highest BCUT2D eigenvalue weighted by molar-refractivity contribution is 5.69. The summed E-state index contributed by atoms with van der Waals surface area (Å²) in [5.74, 6) is 0.679. The molecule has 0 saturated heterocycles. The molecule has 0 unspecified atom stereocenters. The monoisotopic (exact) mass is 484 g/mol. The number of nitrogens with one attached hydrogen (secondary N) is 2. The van der Waals surface area contributed by atoms with Crippen molar-refractivity contribution < 1.29 is 4.92 Å². The Bertz CT molecular complexity index is 1380. The summed E-state index contributed by atoms with van der Waals surface area (Å²) >= 11 is 0. The zero-order valence-electron chi connectivity index (χ0n) is 20.1. The standard InChI is InChI=1S/C26H28N8O2/c1-17-20(6-3-7-21(17)19-5-2-4-18(12-19)13-27)14-28-26-29-15-24(34(35)36)25(32-26)33-10-8-22-23(9-11-33)31-16-30-22/h2-7,12,15-16H,8-11,13-14,27H2,1H3,(H,30,31)(H,28,29,32). The molecule has 1 aliphatic heterocycles. The molecule has 2 aromatic carbocycles. The Morgan fingerprint density at radius 1 is 1.17 bits per heavy atom. The van der Waals surface area contributed by atoms with Crippen LogP contribution < -0.4 is 16.0 Å². The topological polar surface area (TPSA) is 139 Å². The molecule has 4 aromatic rings. The minimum atomic E-state index is -0.426. The Kier molecular flexibility index (Phi) is 6.59. The van der Waals surface area contributed by atoms with Gasteiger partial charge in [-0.15, -0.1) is 0 Å². The van der Waals surface area contributed by atoms with E-state index in [0.717, 1.165) is 45.6 Å². The van der Waals surface area contributed by atoms with Crippen molar-refractivity contribution in [1.82, 2.24) is 19.9 Å². The molecule has 5 rings (SSSR count). The van der Waals surface area contributed by atoms with E-state index < -0.39 is 4.92 Å². The first-order valence-electron chi connectivity index (χ1n) is 11.9. The van der Waals surface area contributed by atoms with E-state index in [1.165, 1.54) is 6.20 Å². The van der Waals surface area contributed by atoms with Gasteiger partial charge in [0.2, 0.25) is 11.8 Å². The number of aromatic amines is 1. The van der Waals surface area contributed by atoms with E-state index in [4.69, 9.17) is 5.73 Å². The van der Waals surface area contributed by atoms with Gasteiger partial charge >= 0.3 is 5.69 Å². The van der Waals surface area contributed by atoms with Crippen molar-refractivity contribution in [2.45, 2.75) is 32.9 Å². The molecule has 184 valence electrons. The fourth-order valence-corrected chi connectivity index (χ4v) is 4.63. The summed E-state index contributed by atoms with van der Waals surface area (Å²) in [5.41, 5.74) is 13.4. The number of rotatable bonds is 7. The molecule has 1 aliphatic rings. The van der Waals surface area contributed by atoms with Crippen LogP contribution in [0.3, 0.4) is 0 Å². The van der Waals surface area contributed by atoms with Gasteiger partial charge in [0.1, 0.15) is 6.20 Å². The molecular formula is C26H28N8O2. The maximum atomic E-state index is 11.7. The number of imidazole rings is 1. The second-order valence-electron chi connectivity index (χ2n) is 8.82. The van der Waals surface area contributed by atoms with Gasteiger partial charge in [0.05, 0.1) is 16.9 Å². The third kappa shape index (κ3) is 4.76. The summed E-state index contributed by atoms with van der Waals surface area (Å²) in [4.78, 5) is 29.6. The first-order valence-corrected chi connectivity index (χ1v) is 11.9. The molecule has 0 aliphatic carbocycles. The summed E-state index contributed by atoms with van der Waals surface area (Å²) in [6.07, 6.45) is 4.40. The van der Waals surface area contributed by atoms with Crippen LogP contribution in [0, 0.1) is 17.0 Å². The summed E-state index contributed by atoms with van der Waals surface area (Å²) < 4.78 is 0. The maximum Gasteiger partial charge on any atom is 0.329 e. The molecule has 0 amide bonds. The molecule has 0 bridgehead atoms. The smallest absolute Gasteiger partial charge is 0.329 e. The maximum absolute atomic E-state index is 11.7. The highest BCUT2D eigenvalue weighted by Crippen LogP contribution is 2.29. The molecule has 10 heteroatoms. The second-order valence-corrected chi connectivity index (χ2v) is 8.82. The number of nitrogens with zero attached hydrogens (tertiary/aromatic N) is 5. The van der Waals surface area contributed by atoms with E-state index in [9.17, 15) is 10.1 Å². The number of aromatic nitrogens is 4. The van der Waals surface area contributed by atoms with Crippen molar-refractivity contribution >= 4 is 17.5 Å². The predicted molar refractivity (Wildman–Crippen MR) is 139 cm³/mol. The SMILES string of the molecule is Cc1c(CNc2ncc([N+](=O)[O-])c(N3CCc4nc[nH]c4CC3)n2)cccc1-c1cccc(CN)c1. The number of hydrogen-bond donors (Lipinski definition) is 3. The minimum absolute atomic E-state index is 0.1000. The third-order valence-corrected chi connectivity index (χ3v) is 6.66. The number of anilines is 2. The third-order valence-electron chi connectivity index (χ3n) is 6.66. The van der Waals surface area contributed by atoms with Gasteiger partial charge in [-0.2, -0.15) is 4.98 Å². The molecule has 2 aromatic heterocycles. The van der Waals surface area contributed by atoms with Gasteiger partial charge in [-0.3, -0.25) is 10.1 Å². The molecule has 3 heterocycles. The molecule has 0 spiro atoms. The van der Waals surface area contributed by atoms with E-state index >= 15 is 0 Å². The molecule has 0 fully saturated rings. The second kappa shape index (κ2) is 10.1. The number of benzene rings is 2. The summed E-state index contributed by atoms with van der Waals surface area (Å²) in [6.45, 7) is 4.27. The fourth-order valence-electron chi connectivity index (χ4n) is 4.63. The predicted octanol–water partition coefficient (Wildman–Crippen LogP) is 3.76. The lowest BCUT2D eigenvalue weighted by Gasteiger charge is -2.21. The van der Waals surface area contributed by atoms with Crippen LogP contribution in [-0.4, -0.2) is 37.9 Å². The van der Waals surface area contributed by atoms with E-state index in [2.05, 4.69) is 56.4 Å². The van der Waals surface area contributed by atoms with Gasteiger partial charge in [-0.25, -0.2) is 9.97 Å². The van der Waals surface area contributed by atoms with Gasteiger partial charge < -0.3 is 20.9 Å². The Labute approximate surface area is 208 Å². The molecule has 0 radical (unpaired) electrons. The lowest BCUT2D eigenvalue weighted by Crippen LogP contribution is -2.28. The van der Waals surface area contributed by atoms with Gasteiger partial charge in [0.25, 0.3) is 0 Å². The largest absolute Gasteiger partial charge is 0.350 e. The molecule has 36 heavy (non-hydrogen) atoms. The number of nitrogens with two attached hydrogens (primary N) is 1. The Morgan fingerprint density at radius 3 is 2.83 bits per heavy atom. The average molecular weight is 485 g/mol. The van der Waals surface area contributed by atoms with Gasteiger partial charge in [-0.05, 0) is 40.8 Å². The van der Waals surface area contributed by atoms with Crippen LogP contribution in [0.2, 0.25) is 0 Å². The van der Waals surface area contributed by atoms with Crippen LogP contribution in [0.4, 0.5) is 17.5 Å². The van der Waals surface area contributed by atoms with Gasteiger partial charge in [-0.1, -0.05) is 36.4 Å². The highest BCUT2D eigenvalue weighted by atomic mass is 16.6. The molecular weight excluding hydrogens is 456 g/mol. The van der Waals surface area contributed by atoms with Crippen molar-refractivity contribution in [1.29, 1.82) is 0 Å². The highest BCUT2D eigenvalue weighted by Gasteiger charge is 2.25. The van der Waals surface area contributed by atoms with Crippen molar-refractivity contribution in [3.05, 3.63) is 93.2 Å². The van der Waals surface area contributed by atoms with Crippen LogP contribution in [0.1, 0.15) is 28.1 Å². The van der Waals surface area contributed by atoms with Crippen LogP contribution in [0.25, 0.3) is 11.1 Å².